The molecular formula is C10H11NO4. The number of methoxy groups -OCH3 is 1. The second-order valence-electron chi connectivity index (χ2n) is 2.83. The second-order valence-corrected chi connectivity index (χ2v) is 2.83. The largest absolute Gasteiger partial charge is 0.497 e. The number of carboxylic acids is 1. The van der Waals surface area contributed by atoms with Gasteiger partial charge in [-0.2, -0.15) is 0 Å². The summed E-state index contributed by atoms with van der Waals surface area (Å²) >= 11 is 0. The van der Waals surface area contributed by atoms with Gasteiger partial charge in [0.2, 0.25) is 6.41 Å². The van der Waals surface area contributed by atoms with Crippen LogP contribution in [0.5, 0.6) is 5.75 Å². The smallest absolute Gasteiger partial charge is 0.330 e. The molecule has 0 bridgehead atoms. The van der Waals surface area contributed by atoms with Crippen molar-refractivity contribution in [3.05, 3.63) is 29.8 Å². The van der Waals surface area contributed by atoms with Gasteiger partial charge in [0.05, 0.1) is 7.11 Å². The van der Waals surface area contributed by atoms with Crippen LogP contribution in [0.15, 0.2) is 24.3 Å². The highest BCUT2D eigenvalue weighted by molar-refractivity contribution is 5.78. The van der Waals surface area contributed by atoms with Crippen LogP contribution in [-0.2, 0) is 9.59 Å². The molecule has 5 heteroatoms. The Morgan fingerprint density at radius 1 is 1.47 bits per heavy atom. The first-order chi connectivity index (χ1) is 7.19. The molecule has 1 aromatic carbocycles. The van der Waals surface area contributed by atoms with Gasteiger partial charge in [-0.25, -0.2) is 4.79 Å². The van der Waals surface area contributed by atoms with Gasteiger partial charge in [0.15, 0.2) is 6.04 Å². The molecular weight excluding hydrogens is 198 g/mol. The molecule has 0 radical (unpaired) electrons. The number of amides is 1. The maximum absolute atomic E-state index is 10.8. The highest BCUT2D eigenvalue weighted by Crippen LogP contribution is 2.17. The van der Waals surface area contributed by atoms with Crippen molar-refractivity contribution in [2.24, 2.45) is 0 Å². The van der Waals surface area contributed by atoms with E-state index in [0.717, 1.165) is 0 Å². The number of carboxylic acid groups (broad SMARTS) is 1. The molecule has 15 heavy (non-hydrogen) atoms. The van der Waals surface area contributed by atoms with Gasteiger partial charge in [-0.15, -0.1) is 0 Å². The number of aliphatic carboxylic acids is 1. The van der Waals surface area contributed by atoms with Crippen LogP contribution in [0.2, 0.25) is 0 Å². The third-order valence-electron chi connectivity index (χ3n) is 1.93. The average Bonchev–Trinajstić information content (AvgIpc) is 2.26. The number of carbonyl (C=O) groups is 2. The Labute approximate surface area is 86.7 Å². The fourth-order valence-corrected chi connectivity index (χ4v) is 1.17. The van der Waals surface area contributed by atoms with Crippen LogP contribution in [0, 0.1) is 0 Å². The first-order valence-electron chi connectivity index (χ1n) is 4.25. The predicted octanol–water partition coefficient (Wildman–Crippen LogP) is 0.567. The maximum atomic E-state index is 10.8. The van der Waals surface area contributed by atoms with Crippen LogP contribution in [0.25, 0.3) is 0 Å². The lowest BCUT2D eigenvalue weighted by molar-refractivity contribution is -0.140. The van der Waals surface area contributed by atoms with Crippen LogP contribution in [-0.4, -0.2) is 24.6 Å². The van der Waals surface area contributed by atoms with Crippen LogP contribution >= 0.6 is 0 Å². The second kappa shape index (κ2) is 4.99. The third-order valence-corrected chi connectivity index (χ3v) is 1.93. The van der Waals surface area contributed by atoms with Gasteiger partial charge in [-0.1, -0.05) is 12.1 Å². The summed E-state index contributed by atoms with van der Waals surface area (Å²) in [5, 5.41) is 11.0. The molecule has 1 rings (SSSR count). The minimum atomic E-state index is -1.10. The molecule has 1 aromatic rings. The van der Waals surface area contributed by atoms with Gasteiger partial charge in [-0.3, -0.25) is 4.79 Å². The molecule has 1 atom stereocenters. The van der Waals surface area contributed by atoms with E-state index in [1.54, 1.807) is 24.3 Å². The lowest BCUT2D eigenvalue weighted by Gasteiger charge is -2.11. The SMILES string of the molecule is COc1ccc(C(NC=O)C(=O)O)cc1. The van der Waals surface area contributed by atoms with E-state index >= 15 is 0 Å². The molecule has 0 aliphatic heterocycles. The Balaban J connectivity index is 2.91. The zero-order valence-electron chi connectivity index (χ0n) is 8.14. The van der Waals surface area contributed by atoms with Crippen molar-refractivity contribution in [1.82, 2.24) is 5.32 Å². The summed E-state index contributed by atoms with van der Waals surface area (Å²) in [4.78, 5) is 21.0. The van der Waals surface area contributed by atoms with Gasteiger partial charge in [-0.05, 0) is 17.7 Å². The topological polar surface area (TPSA) is 75.6 Å². The zero-order chi connectivity index (χ0) is 11.3. The van der Waals surface area contributed by atoms with E-state index < -0.39 is 12.0 Å². The number of nitrogens with one attached hydrogen (secondary N) is 1. The Morgan fingerprint density at radius 3 is 2.47 bits per heavy atom. The van der Waals surface area contributed by atoms with Crippen LogP contribution in [0.1, 0.15) is 11.6 Å². The molecule has 0 spiro atoms. The van der Waals surface area contributed by atoms with Crippen LogP contribution in [0.4, 0.5) is 0 Å². The number of carbonyl (C=O) groups excluding carboxylic acids is 1. The van der Waals surface area contributed by atoms with Gasteiger partial charge in [0.1, 0.15) is 5.75 Å². The molecule has 0 saturated heterocycles. The highest BCUT2D eigenvalue weighted by Gasteiger charge is 2.18. The Bertz CT molecular complexity index is 347. The molecule has 0 fully saturated rings. The predicted molar refractivity (Wildman–Crippen MR) is 52.6 cm³/mol. The van der Waals surface area contributed by atoms with Crippen molar-refractivity contribution in [3.8, 4) is 5.75 Å². The van der Waals surface area contributed by atoms with Gasteiger partial charge < -0.3 is 15.2 Å². The number of hydrogen-bond donors (Lipinski definition) is 2. The van der Waals surface area contributed by atoms with E-state index in [1.165, 1.54) is 7.11 Å². The van der Waals surface area contributed by atoms with Crippen molar-refractivity contribution >= 4 is 12.4 Å². The van der Waals surface area contributed by atoms with Crippen molar-refractivity contribution in [2.75, 3.05) is 7.11 Å². The summed E-state index contributed by atoms with van der Waals surface area (Å²) in [7, 11) is 1.52. The molecule has 5 nitrogen and oxygen atoms in total. The fourth-order valence-electron chi connectivity index (χ4n) is 1.17. The lowest BCUT2D eigenvalue weighted by atomic mass is 10.1. The Kier molecular flexibility index (Phi) is 3.68. The number of hydrogen-bond acceptors (Lipinski definition) is 3. The van der Waals surface area contributed by atoms with E-state index in [9.17, 15) is 9.59 Å². The third kappa shape index (κ3) is 2.70. The highest BCUT2D eigenvalue weighted by atomic mass is 16.5. The molecule has 80 valence electrons. The summed E-state index contributed by atoms with van der Waals surface area (Å²) in [5.74, 6) is -0.471. The molecule has 1 amide bonds. The average molecular weight is 209 g/mol. The first kappa shape index (κ1) is 11.0. The van der Waals surface area contributed by atoms with Crippen LogP contribution < -0.4 is 10.1 Å². The zero-order valence-corrected chi connectivity index (χ0v) is 8.14. The van der Waals surface area contributed by atoms with Crippen molar-refractivity contribution in [2.45, 2.75) is 6.04 Å². The quantitative estimate of drug-likeness (QED) is 0.695. The van der Waals surface area contributed by atoms with Gasteiger partial charge in [0, 0.05) is 0 Å². The lowest BCUT2D eigenvalue weighted by Crippen LogP contribution is -2.27. The maximum Gasteiger partial charge on any atom is 0.330 e. The van der Waals surface area contributed by atoms with E-state index in [0.29, 0.717) is 17.7 Å². The summed E-state index contributed by atoms with van der Waals surface area (Å²) in [6.07, 6.45) is 0.364. The van der Waals surface area contributed by atoms with E-state index in [2.05, 4.69) is 5.32 Å². The molecule has 2 N–H and O–H groups in total. The van der Waals surface area contributed by atoms with Crippen molar-refractivity contribution in [1.29, 1.82) is 0 Å². The fraction of sp³-hybridized carbons (Fsp3) is 0.200. The monoisotopic (exact) mass is 209 g/mol. The van der Waals surface area contributed by atoms with Gasteiger partial charge >= 0.3 is 5.97 Å². The molecule has 0 aliphatic rings. The number of ether oxygens (including phenoxy) is 1. The summed E-state index contributed by atoms with van der Waals surface area (Å²) in [6, 6.07) is 5.44. The molecule has 0 saturated carbocycles. The summed E-state index contributed by atoms with van der Waals surface area (Å²) in [6.45, 7) is 0. The summed E-state index contributed by atoms with van der Waals surface area (Å²) in [5.41, 5.74) is 0.496. The molecule has 0 aromatic heterocycles. The Morgan fingerprint density at radius 2 is 2.07 bits per heavy atom. The van der Waals surface area contributed by atoms with Crippen molar-refractivity contribution < 1.29 is 19.4 Å². The Hall–Kier alpha value is -2.04. The van der Waals surface area contributed by atoms with Crippen LogP contribution in [0.3, 0.4) is 0 Å². The standard InChI is InChI=1S/C10H11NO4/c1-15-8-4-2-7(3-5-8)9(10(13)14)11-6-12/h2-6,9H,1H3,(H,11,12)(H,13,14). The van der Waals surface area contributed by atoms with E-state index in [-0.39, 0.29) is 0 Å². The number of rotatable bonds is 5. The summed E-state index contributed by atoms with van der Waals surface area (Å²) < 4.78 is 4.93. The van der Waals surface area contributed by atoms with E-state index in [4.69, 9.17) is 9.84 Å². The van der Waals surface area contributed by atoms with Gasteiger partial charge in [0.25, 0.3) is 0 Å². The van der Waals surface area contributed by atoms with E-state index in [1.807, 2.05) is 0 Å². The minimum Gasteiger partial charge on any atom is -0.497 e. The molecule has 1 unspecified atom stereocenters. The molecule has 0 aliphatic carbocycles. The minimum absolute atomic E-state index is 0.364. The molecule has 0 heterocycles. The number of benzene rings is 1. The first-order valence-corrected chi connectivity index (χ1v) is 4.25. The normalized spacial score (nSPS) is 11.5. The van der Waals surface area contributed by atoms with Crippen molar-refractivity contribution in [3.63, 3.8) is 0 Å².